The molecule has 0 amide bonds. The number of sulfonamides is 1. The van der Waals surface area contributed by atoms with Crippen molar-refractivity contribution in [3.8, 4) is 11.8 Å². The number of nitrogens with one attached hydrogen (secondary N) is 1. The molecule has 2 N–H and O–H groups in total. The standard InChI is InChI=1S/C14H17NO3S2/c1-19-14(8-9-14)11-15-20(17,18)13-6-4-12(5-7-13)3-2-10-16/h4-7,15-16H,8-11H2,1H3. The molecular formula is C14H17NO3S2. The van der Waals surface area contributed by atoms with Crippen molar-refractivity contribution in [2.24, 2.45) is 0 Å². The third-order valence-corrected chi connectivity index (χ3v) is 6.14. The molecule has 0 aromatic heterocycles. The van der Waals surface area contributed by atoms with Crippen LogP contribution in [0.4, 0.5) is 0 Å². The van der Waals surface area contributed by atoms with Crippen LogP contribution in [0.2, 0.25) is 0 Å². The number of hydrogen-bond donors (Lipinski definition) is 2. The summed E-state index contributed by atoms with van der Waals surface area (Å²) in [5.74, 6) is 5.25. The van der Waals surface area contributed by atoms with E-state index >= 15 is 0 Å². The van der Waals surface area contributed by atoms with Crippen LogP contribution < -0.4 is 4.72 Å². The molecule has 0 atom stereocenters. The normalized spacial score (nSPS) is 16.3. The van der Waals surface area contributed by atoms with Gasteiger partial charge in [-0.1, -0.05) is 11.8 Å². The molecule has 1 fully saturated rings. The quantitative estimate of drug-likeness (QED) is 0.802. The average Bonchev–Trinajstić information content (AvgIpc) is 3.24. The fraction of sp³-hybridized carbons (Fsp3) is 0.429. The lowest BCUT2D eigenvalue weighted by Gasteiger charge is -2.13. The molecule has 1 aliphatic rings. The lowest BCUT2D eigenvalue weighted by Crippen LogP contribution is -2.31. The Bertz CT molecular complexity index is 623. The van der Waals surface area contributed by atoms with E-state index in [1.807, 2.05) is 6.26 Å². The largest absolute Gasteiger partial charge is 0.384 e. The van der Waals surface area contributed by atoms with Crippen LogP contribution in [-0.2, 0) is 10.0 Å². The Morgan fingerprint density at radius 2 is 2.00 bits per heavy atom. The van der Waals surface area contributed by atoms with E-state index < -0.39 is 10.0 Å². The third kappa shape index (κ3) is 3.76. The van der Waals surface area contributed by atoms with E-state index in [2.05, 4.69) is 16.6 Å². The van der Waals surface area contributed by atoms with Crippen LogP contribution in [0.15, 0.2) is 29.2 Å². The average molecular weight is 311 g/mol. The predicted molar refractivity (Wildman–Crippen MR) is 81.1 cm³/mol. The topological polar surface area (TPSA) is 66.4 Å². The van der Waals surface area contributed by atoms with Crippen LogP contribution in [0, 0.1) is 11.8 Å². The molecule has 0 radical (unpaired) electrons. The smallest absolute Gasteiger partial charge is 0.240 e. The molecule has 0 spiro atoms. The molecule has 0 heterocycles. The molecule has 4 nitrogen and oxygen atoms in total. The Labute approximate surface area is 124 Å². The molecule has 1 aromatic rings. The minimum atomic E-state index is -3.46. The van der Waals surface area contributed by atoms with Gasteiger partial charge in [-0.05, 0) is 43.4 Å². The maximum Gasteiger partial charge on any atom is 0.240 e. The van der Waals surface area contributed by atoms with E-state index in [1.165, 1.54) is 12.1 Å². The molecule has 0 aliphatic heterocycles. The molecule has 0 unspecified atom stereocenters. The summed E-state index contributed by atoms with van der Waals surface area (Å²) in [4.78, 5) is 0.240. The van der Waals surface area contributed by atoms with Crippen LogP contribution in [0.3, 0.4) is 0 Å². The monoisotopic (exact) mass is 311 g/mol. The van der Waals surface area contributed by atoms with E-state index in [-0.39, 0.29) is 16.2 Å². The number of aliphatic hydroxyl groups excluding tert-OH is 1. The Hall–Kier alpha value is -1.00. The first-order chi connectivity index (χ1) is 9.51. The minimum Gasteiger partial charge on any atom is -0.384 e. The summed E-state index contributed by atoms with van der Waals surface area (Å²) in [6, 6.07) is 6.34. The number of thioether (sulfide) groups is 1. The highest BCUT2D eigenvalue weighted by Gasteiger charge is 2.42. The third-order valence-electron chi connectivity index (χ3n) is 3.30. The van der Waals surface area contributed by atoms with Crippen LogP contribution in [-0.4, -0.2) is 37.7 Å². The molecule has 1 saturated carbocycles. The van der Waals surface area contributed by atoms with Gasteiger partial charge in [0.1, 0.15) is 6.61 Å². The van der Waals surface area contributed by atoms with E-state index in [0.717, 1.165) is 12.8 Å². The summed E-state index contributed by atoms with van der Waals surface area (Å²) in [5.41, 5.74) is 0.681. The Morgan fingerprint density at radius 1 is 1.35 bits per heavy atom. The molecule has 0 bridgehead atoms. The molecule has 0 saturated heterocycles. The van der Waals surface area contributed by atoms with Crippen molar-refractivity contribution >= 4 is 21.8 Å². The second-order valence-corrected chi connectivity index (χ2v) is 7.74. The number of rotatable bonds is 5. The molecule has 20 heavy (non-hydrogen) atoms. The van der Waals surface area contributed by atoms with Crippen molar-refractivity contribution < 1.29 is 13.5 Å². The van der Waals surface area contributed by atoms with Crippen LogP contribution in [0.5, 0.6) is 0 Å². The van der Waals surface area contributed by atoms with Crippen molar-refractivity contribution in [3.63, 3.8) is 0 Å². The molecule has 1 aliphatic carbocycles. The molecule has 2 rings (SSSR count). The number of hydrogen-bond acceptors (Lipinski definition) is 4. The number of aliphatic hydroxyl groups is 1. The predicted octanol–water partition coefficient (Wildman–Crippen LogP) is 1.20. The first kappa shape index (κ1) is 15.4. The van der Waals surface area contributed by atoms with Crippen molar-refractivity contribution in [2.45, 2.75) is 22.5 Å². The summed E-state index contributed by atoms with van der Waals surface area (Å²) < 4.78 is 27.1. The second-order valence-electron chi connectivity index (χ2n) is 4.70. The van der Waals surface area contributed by atoms with Gasteiger partial charge in [0.25, 0.3) is 0 Å². The van der Waals surface area contributed by atoms with E-state index in [1.54, 1.807) is 23.9 Å². The van der Waals surface area contributed by atoms with Crippen molar-refractivity contribution in [2.75, 3.05) is 19.4 Å². The molecule has 108 valence electrons. The van der Waals surface area contributed by atoms with Gasteiger partial charge in [-0.3, -0.25) is 0 Å². The molecule has 1 aromatic carbocycles. The van der Waals surface area contributed by atoms with E-state index in [0.29, 0.717) is 12.1 Å². The Kier molecular flexibility index (Phi) is 4.76. The van der Waals surface area contributed by atoms with Gasteiger partial charge in [0.05, 0.1) is 4.90 Å². The highest BCUT2D eigenvalue weighted by atomic mass is 32.2. The minimum absolute atomic E-state index is 0.0968. The van der Waals surface area contributed by atoms with Crippen LogP contribution >= 0.6 is 11.8 Å². The summed E-state index contributed by atoms with van der Waals surface area (Å²) >= 11 is 1.72. The maximum absolute atomic E-state index is 12.2. The first-order valence-electron chi connectivity index (χ1n) is 6.26. The van der Waals surface area contributed by atoms with Crippen molar-refractivity contribution in [1.29, 1.82) is 0 Å². The fourth-order valence-corrected chi connectivity index (χ4v) is 3.71. The van der Waals surface area contributed by atoms with E-state index in [9.17, 15) is 8.42 Å². The SMILES string of the molecule is CSC1(CNS(=O)(=O)c2ccc(C#CCO)cc2)CC1. The van der Waals surface area contributed by atoms with Crippen molar-refractivity contribution in [3.05, 3.63) is 29.8 Å². The lowest BCUT2D eigenvalue weighted by molar-refractivity contribution is 0.350. The van der Waals surface area contributed by atoms with Gasteiger partial charge in [-0.15, -0.1) is 0 Å². The van der Waals surface area contributed by atoms with Crippen LogP contribution in [0.1, 0.15) is 18.4 Å². The summed E-state index contributed by atoms with van der Waals surface area (Å²) in [6.45, 7) is 0.265. The lowest BCUT2D eigenvalue weighted by atomic mass is 10.2. The van der Waals surface area contributed by atoms with Gasteiger partial charge in [0.2, 0.25) is 10.0 Å². The summed E-state index contributed by atoms with van der Waals surface area (Å²) in [6.07, 6.45) is 4.13. The zero-order valence-corrected chi connectivity index (χ0v) is 12.9. The Morgan fingerprint density at radius 3 is 2.50 bits per heavy atom. The second kappa shape index (κ2) is 6.19. The van der Waals surface area contributed by atoms with Gasteiger partial charge in [0.15, 0.2) is 0 Å². The highest BCUT2D eigenvalue weighted by Crippen LogP contribution is 2.46. The van der Waals surface area contributed by atoms with Gasteiger partial charge in [-0.2, -0.15) is 11.8 Å². The fourth-order valence-electron chi connectivity index (χ4n) is 1.76. The zero-order valence-electron chi connectivity index (χ0n) is 11.2. The van der Waals surface area contributed by atoms with Gasteiger partial charge in [-0.25, -0.2) is 13.1 Å². The highest BCUT2D eigenvalue weighted by molar-refractivity contribution is 8.00. The summed E-state index contributed by atoms with van der Waals surface area (Å²) in [7, 11) is -3.46. The van der Waals surface area contributed by atoms with Gasteiger partial charge in [0, 0.05) is 16.9 Å². The Balaban J connectivity index is 2.05. The molecule has 6 heteroatoms. The van der Waals surface area contributed by atoms with E-state index in [4.69, 9.17) is 5.11 Å². The van der Waals surface area contributed by atoms with Gasteiger partial charge >= 0.3 is 0 Å². The molecular weight excluding hydrogens is 294 g/mol. The number of benzene rings is 1. The maximum atomic E-state index is 12.2. The first-order valence-corrected chi connectivity index (χ1v) is 8.97. The summed E-state index contributed by atoms with van der Waals surface area (Å²) in [5, 5.41) is 8.61. The van der Waals surface area contributed by atoms with Gasteiger partial charge < -0.3 is 5.11 Å². The van der Waals surface area contributed by atoms with Crippen LogP contribution in [0.25, 0.3) is 0 Å². The zero-order chi connectivity index (χ0) is 14.6. The van der Waals surface area contributed by atoms with Crippen molar-refractivity contribution in [1.82, 2.24) is 4.72 Å².